The average molecular weight is 451 g/mol. The first-order chi connectivity index (χ1) is 13.2. The SMILES string of the molecule is C=C(C)C(C)(C)CSc1cc(-n2c(=O)cc(C(F)(F)F)n(C)c2=O)c(F)cc1Cl. The van der Waals surface area contributed by atoms with E-state index in [1.807, 2.05) is 20.8 Å². The van der Waals surface area contributed by atoms with E-state index in [1.165, 1.54) is 17.8 Å². The zero-order chi connectivity index (χ0) is 22.3. The number of rotatable bonds is 5. The molecule has 0 bridgehead atoms. The summed E-state index contributed by atoms with van der Waals surface area (Å²) >= 11 is 7.35. The molecule has 1 heterocycles. The summed E-state index contributed by atoms with van der Waals surface area (Å²) in [5.41, 5.74) is -3.86. The number of benzene rings is 1. The molecular formula is C19H19ClF4N2O2S. The van der Waals surface area contributed by atoms with Crippen molar-refractivity contribution in [1.82, 2.24) is 9.13 Å². The molecule has 4 nitrogen and oxygen atoms in total. The van der Waals surface area contributed by atoms with Crippen molar-refractivity contribution in [3.8, 4) is 5.69 Å². The molecule has 0 fully saturated rings. The molecule has 1 aromatic carbocycles. The second kappa shape index (κ2) is 8.02. The molecule has 0 saturated heterocycles. The van der Waals surface area contributed by atoms with Crippen LogP contribution in [0.5, 0.6) is 0 Å². The van der Waals surface area contributed by atoms with Gasteiger partial charge in [0.05, 0.1) is 10.7 Å². The van der Waals surface area contributed by atoms with E-state index in [2.05, 4.69) is 6.58 Å². The molecule has 2 aromatic rings. The van der Waals surface area contributed by atoms with Crippen LogP contribution in [0, 0.1) is 11.2 Å². The van der Waals surface area contributed by atoms with Gasteiger partial charge in [0, 0.05) is 23.8 Å². The van der Waals surface area contributed by atoms with E-state index in [-0.39, 0.29) is 21.1 Å². The van der Waals surface area contributed by atoms with Crippen molar-refractivity contribution in [2.45, 2.75) is 31.8 Å². The van der Waals surface area contributed by atoms with Crippen LogP contribution in [0.15, 0.2) is 44.8 Å². The van der Waals surface area contributed by atoms with E-state index in [4.69, 9.17) is 11.6 Å². The minimum Gasteiger partial charge on any atom is -0.292 e. The average Bonchev–Trinajstić information content (AvgIpc) is 2.57. The second-order valence-electron chi connectivity index (χ2n) is 7.23. The molecule has 29 heavy (non-hydrogen) atoms. The standard InChI is InChI=1S/C19H19ClF4N2O2S/c1-10(2)18(3,4)9-29-14-7-13(12(21)6-11(14)20)26-16(27)8-15(19(22,23)24)25(5)17(26)28/h6-8H,1,9H2,2-5H3. The Bertz CT molecular complexity index is 1090. The summed E-state index contributed by atoms with van der Waals surface area (Å²) in [6.07, 6.45) is -4.90. The predicted octanol–water partition coefficient (Wildman–Crippen LogP) is 5.04. The Morgan fingerprint density at radius 1 is 1.21 bits per heavy atom. The highest BCUT2D eigenvalue weighted by Gasteiger charge is 2.35. The molecule has 0 aliphatic rings. The third-order valence-corrected chi connectivity index (χ3v) is 6.54. The Balaban J connectivity index is 2.62. The van der Waals surface area contributed by atoms with Gasteiger partial charge < -0.3 is 0 Å². The van der Waals surface area contributed by atoms with Gasteiger partial charge in [-0.2, -0.15) is 13.2 Å². The van der Waals surface area contributed by atoms with E-state index in [1.54, 1.807) is 0 Å². The Kier molecular flexibility index (Phi) is 6.44. The van der Waals surface area contributed by atoms with Gasteiger partial charge in [-0.15, -0.1) is 11.8 Å². The summed E-state index contributed by atoms with van der Waals surface area (Å²) in [6.45, 7) is 9.69. The van der Waals surface area contributed by atoms with Gasteiger partial charge in [-0.1, -0.05) is 37.6 Å². The predicted molar refractivity (Wildman–Crippen MR) is 107 cm³/mol. The van der Waals surface area contributed by atoms with E-state index in [0.29, 0.717) is 15.2 Å². The van der Waals surface area contributed by atoms with E-state index in [9.17, 15) is 27.2 Å². The number of aromatic nitrogens is 2. The maximum atomic E-state index is 14.5. The summed E-state index contributed by atoms with van der Waals surface area (Å²) in [4.78, 5) is 25.0. The highest BCUT2D eigenvalue weighted by molar-refractivity contribution is 7.99. The van der Waals surface area contributed by atoms with Gasteiger partial charge in [0.1, 0.15) is 11.5 Å². The number of alkyl halides is 3. The van der Waals surface area contributed by atoms with Crippen molar-refractivity contribution < 1.29 is 17.6 Å². The zero-order valence-electron chi connectivity index (χ0n) is 16.2. The summed E-state index contributed by atoms with van der Waals surface area (Å²) in [7, 11) is 0.861. The molecule has 0 atom stereocenters. The monoisotopic (exact) mass is 450 g/mol. The van der Waals surface area contributed by atoms with Crippen LogP contribution in [0.1, 0.15) is 26.5 Å². The van der Waals surface area contributed by atoms with Crippen LogP contribution in [0.25, 0.3) is 5.69 Å². The third kappa shape index (κ3) is 4.78. The molecule has 0 unspecified atom stereocenters. The molecule has 2 rings (SSSR count). The van der Waals surface area contributed by atoms with E-state index >= 15 is 0 Å². The Morgan fingerprint density at radius 3 is 2.31 bits per heavy atom. The number of hydrogen-bond donors (Lipinski definition) is 0. The Hall–Kier alpha value is -2.00. The molecular weight excluding hydrogens is 432 g/mol. The van der Waals surface area contributed by atoms with Crippen LogP contribution in [-0.4, -0.2) is 14.9 Å². The van der Waals surface area contributed by atoms with Gasteiger partial charge in [0.25, 0.3) is 5.56 Å². The first-order valence-electron chi connectivity index (χ1n) is 8.35. The van der Waals surface area contributed by atoms with Crippen molar-refractivity contribution >= 4 is 23.4 Å². The van der Waals surface area contributed by atoms with Gasteiger partial charge in [-0.25, -0.2) is 13.8 Å². The van der Waals surface area contributed by atoms with Gasteiger partial charge >= 0.3 is 11.9 Å². The Labute approximate surface area is 173 Å². The second-order valence-corrected chi connectivity index (χ2v) is 8.65. The fourth-order valence-electron chi connectivity index (χ4n) is 2.30. The molecule has 0 aliphatic carbocycles. The maximum Gasteiger partial charge on any atom is 0.431 e. The molecule has 1 aromatic heterocycles. The highest BCUT2D eigenvalue weighted by atomic mass is 35.5. The molecule has 10 heteroatoms. The smallest absolute Gasteiger partial charge is 0.292 e. The lowest BCUT2D eigenvalue weighted by atomic mass is 9.89. The van der Waals surface area contributed by atoms with Crippen LogP contribution in [-0.2, 0) is 13.2 Å². The largest absolute Gasteiger partial charge is 0.431 e. The summed E-state index contributed by atoms with van der Waals surface area (Å²) < 4.78 is 54.1. The lowest BCUT2D eigenvalue weighted by Gasteiger charge is -2.25. The minimum absolute atomic E-state index is 0.0607. The van der Waals surface area contributed by atoms with Crippen LogP contribution in [0.3, 0.4) is 0 Å². The van der Waals surface area contributed by atoms with Gasteiger partial charge in [0.2, 0.25) is 0 Å². The number of thioether (sulfide) groups is 1. The van der Waals surface area contributed by atoms with Crippen LogP contribution >= 0.6 is 23.4 Å². The van der Waals surface area contributed by atoms with Gasteiger partial charge in [-0.3, -0.25) is 9.36 Å². The quantitative estimate of drug-likeness (QED) is 0.364. The summed E-state index contributed by atoms with van der Waals surface area (Å²) in [5, 5.41) is 0.0607. The highest BCUT2D eigenvalue weighted by Crippen LogP contribution is 2.37. The van der Waals surface area contributed by atoms with Crippen LogP contribution < -0.4 is 11.2 Å². The number of allylic oxidation sites excluding steroid dienone is 1. The summed E-state index contributed by atoms with van der Waals surface area (Å²) in [6, 6.07) is 2.37. The Morgan fingerprint density at radius 2 is 1.79 bits per heavy atom. The van der Waals surface area contributed by atoms with Crippen molar-refractivity contribution in [3.63, 3.8) is 0 Å². The van der Waals surface area contributed by atoms with Gasteiger partial charge in [0.15, 0.2) is 0 Å². The fraction of sp³-hybridized carbons (Fsp3) is 0.368. The normalized spacial score (nSPS) is 12.3. The molecule has 0 saturated carbocycles. The lowest BCUT2D eigenvalue weighted by molar-refractivity contribution is -0.144. The minimum atomic E-state index is -4.90. The zero-order valence-corrected chi connectivity index (χ0v) is 17.7. The van der Waals surface area contributed by atoms with E-state index in [0.717, 1.165) is 18.7 Å². The molecule has 0 amide bonds. The van der Waals surface area contributed by atoms with Crippen LogP contribution in [0.2, 0.25) is 5.02 Å². The van der Waals surface area contributed by atoms with Gasteiger partial charge in [-0.05, 0) is 24.5 Å². The molecule has 0 N–H and O–H groups in total. The van der Waals surface area contributed by atoms with Crippen molar-refractivity contribution in [1.29, 1.82) is 0 Å². The van der Waals surface area contributed by atoms with Crippen molar-refractivity contribution in [3.05, 3.63) is 67.7 Å². The third-order valence-electron chi connectivity index (χ3n) is 4.60. The van der Waals surface area contributed by atoms with Crippen LogP contribution in [0.4, 0.5) is 17.6 Å². The lowest BCUT2D eigenvalue weighted by Crippen LogP contribution is -2.41. The van der Waals surface area contributed by atoms with E-state index < -0.39 is 34.6 Å². The number of nitrogens with zero attached hydrogens (tertiary/aromatic N) is 2. The molecule has 0 aliphatic heterocycles. The molecule has 0 radical (unpaired) electrons. The molecule has 158 valence electrons. The number of hydrogen-bond acceptors (Lipinski definition) is 3. The molecule has 0 spiro atoms. The first-order valence-corrected chi connectivity index (χ1v) is 9.71. The topological polar surface area (TPSA) is 44.0 Å². The first kappa shape index (κ1) is 23.3. The maximum absolute atomic E-state index is 14.5. The number of halogens is 5. The van der Waals surface area contributed by atoms with Crippen molar-refractivity contribution in [2.75, 3.05) is 5.75 Å². The van der Waals surface area contributed by atoms with Crippen molar-refractivity contribution in [2.24, 2.45) is 12.5 Å². The summed E-state index contributed by atoms with van der Waals surface area (Å²) in [5.74, 6) is -0.481. The fourth-order valence-corrected chi connectivity index (χ4v) is 3.77.